The molecule has 0 saturated carbocycles. The van der Waals surface area contributed by atoms with Gasteiger partial charge in [-0.1, -0.05) is 18.2 Å². The largest absolute Gasteiger partial charge is 0.457 e. The number of carbonyl (C=O) groups excluding carboxylic acids is 2. The van der Waals surface area contributed by atoms with Gasteiger partial charge in [-0.15, -0.1) is 0 Å². The van der Waals surface area contributed by atoms with Gasteiger partial charge in [0.15, 0.2) is 0 Å². The van der Waals surface area contributed by atoms with Gasteiger partial charge >= 0.3 is 12.1 Å². The highest BCUT2D eigenvalue weighted by Gasteiger charge is 2.15. The molecule has 3 N–H and O–H groups in total. The third kappa shape index (κ3) is 8.13. The van der Waals surface area contributed by atoms with Crippen molar-refractivity contribution in [2.24, 2.45) is 0 Å². The van der Waals surface area contributed by atoms with Gasteiger partial charge < -0.3 is 25.4 Å². The zero-order valence-corrected chi connectivity index (χ0v) is 15.7. The van der Waals surface area contributed by atoms with Gasteiger partial charge in [0, 0.05) is 18.8 Å². The molecule has 7 heteroatoms. The van der Waals surface area contributed by atoms with E-state index >= 15 is 0 Å². The minimum atomic E-state index is -0.550. The number of anilines is 1. The summed E-state index contributed by atoms with van der Waals surface area (Å²) in [7, 11) is 0. The highest BCUT2D eigenvalue weighted by Crippen LogP contribution is 2.22. The van der Waals surface area contributed by atoms with E-state index in [1.54, 1.807) is 45.0 Å². The van der Waals surface area contributed by atoms with Gasteiger partial charge in [-0.2, -0.15) is 0 Å². The number of carbonyl (C=O) groups is 2. The highest BCUT2D eigenvalue weighted by molar-refractivity contribution is 5.89. The molecule has 0 fully saturated rings. The van der Waals surface area contributed by atoms with Gasteiger partial charge in [-0.25, -0.2) is 9.59 Å². The van der Waals surface area contributed by atoms with Crippen LogP contribution in [0.2, 0.25) is 0 Å². The third-order valence-corrected chi connectivity index (χ3v) is 3.17. The molecular weight excluding hydrogens is 346 g/mol. The molecule has 0 unspecified atom stereocenters. The maximum Gasteiger partial charge on any atom is 0.407 e. The van der Waals surface area contributed by atoms with Gasteiger partial charge in [0.05, 0.1) is 0 Å². The van der Waals surface area contributed by atoms with Crippen molar-refractivity contribution < 1.29 is 19.1 Å². The molecule has 7 nitrogen and oxygen atoms in total. The van der Waals surface area contributed by atoms with E-state index in [2.05, 4.69) is 16.0 Å². The van der Waals surface area contributed by atoms with Gasteiger partial charge in [-0.3, -0.25) is 0 Å². The number of rotatable bonds is 6. The normalized spacial score (nSPS) is 10.6. The minimum Gasteiger partial charge on any atom is -0.457 e. The summed E-state index contributed by atoms with van der Waals surface area (Å²) in [5.41, 5.74) is 0.0821. The summed E-state index contributed by atoms with van der Waals surface area (Å²) in [4.78, 5) is 23.3. The van der Waals surface area contributed by atoms with E-state index < -0.39 is 11.7 Å². The molecule has 0 saturated heterocycles. The number of hydrogen-bond donors (Lipinski definition) is 3. The van der Waals surface area contributed by atoms with E-state index in [1.165, 1.54) is 0 Å². The number of alkyl carbamates (subject to hydrolysis) is 1. The molecule has 0 bridgehead atoms. The van der Waals surface area contributed by atoms with Crippen LogP contribution in [-0.2, 0) is 4.74 Å². The fourth-order valence-electron chi connectivity index (χ4n) is 2.06. The van der Waals surface area contributed by atoms with Crippen molar-refractivity contribution in [1.82, 2.24) is 10.6 Å². The zero-order valence-electron chi connectivity index (χ0n) is 15.7. The Morgan fingerprint density at radius 3 is 2.07 bits per heavy atom. The molecule has 2 aromatic carbocycles. The smallest absolute Gasteiger partial charge is 0.407 e. The monoisotopic (exact) mass is 371 g/mol. The summed E-state index contributed by atoms with van der Waals surface area (Å²) in [6.07, 6.45) is -0.515. The molecule has 2 aromatic rings. The second-order valence-electron chi connectivity index (χ2n) is 6.75. The Morgan fingerprint density at radius 1 is 0.852 bits per heavy atom. The van der Waals surface area contributed by atoms with Crippen LogP contribution in [0.4, 0.5) is 15.3 Å². The molecule has 0 spiro atoms. The van der Waals surface area contributed by atoms with E-state index in [9.17, 15) is 9.59 Å². The van der Waals surface area contributed by atoms with Crippen molar-refractivity contribution in [3.8, 4) is 11.5 Å². The number of hydrogen-bond acceptors (Lipinski definition) is 4. The van der Waals surface area contributed by atoms with Crippen LogP contribution >= 0.6 is 0 Å². The molecule has 0 atom stereocenters. The summed E-state index contributed by atoms with van der Waals surface area (Å²) in [6, 6.07) is 16.1. The molecule has 0 heterocycles. The zero-order chi connectivity index (χ0) is 19.7. The van der Waals surface area contributed by atoms with Crippen LogP contribution in [0.15, 0.2) is 54.6 Å². The second-order valence-corrected chi connectivity index (χ2v) is 6.75. The van der Waals surface area contributed by atoms with Crippen LogP contribution in [0.3, 0.4) is 0 Å². The summed E-state index contributed by atoms with van der Waals surface area (Å²) in [5, 5.41) is 7.93. The third-order valence-electron chi connectivity index (χ3n) is 3.17. The Hall–Kier alpha value is -3.22. The molecule has 27 heavy (non-hydrogen) atoms. The summed E-state index contributed by atoms with van der Waals surface area (Å²) >= 11 is 0. The van der Waals surface area contributed by atoms with Crippen molar-refractivity contribution >= 4 is 17.8 Å². The number of benzene rings is 2. The molecule has 0 aromatic heterocycles. The highest BCUT2D eigenvalue weighted by atomic mass is 16.6. The van der Waals surface area contributed by atoms with E-state index in [0.29, 0.717) is 11.4 Å². The standard InChI is InChI=1S/C20H25N3O4/c1-20(2,3)27-19(25)22-14-13-21-18(24)23-15-9-11-17(12-10-15)26-16-7-5-4-6-8-16/h4-12H,13-14H2,1-3H3,(H,22,25)(H2,21,23,24). The van der Waals surface area contributed by atoms with Crippen molar-refractivity contribution in [2.45, 2.75) is 26.4 Å². The average molecular weight is 371 g/mol. The average Bonchev–Trinajstić information content (AvgIpc) is 2.60. The lowest BCUT2D eigenvalue weighted by Gasteiger charge is -2.19. The Bertz CT molecular complexity index is 740. The Labute approximate surface area is 159 Å². The molecule has 0 aliphatic carbocycles. The van der Waals surface area contributed by atoms with Crippen LogP contribution in [0, 0.1) is 0 Å². The molecule has 0 aliphatic rings. The lowest BCUT2D eigenvalue weighted by atomic mass is 10.2. The first-order valence-corrected chi connectivity index (χ1v) is 8.66. The van der Waals surface area contributed by atoms with Gasteiger partial charge in [-0.05, 0) is 57.2 Å². The topological polar surface area (TPSA) is 88.7 Å². The van der Waals surface area contributed by atoms with Crippen molar-refractivity contribution in [2.75, 3.05) is 18.4 Å². The molecule has 144 valence electrons. The molecule has 0 aliphatic heterocycles. The first kappa shape index (κ1) is 20.1. The second kappa shape index (κ2) is 9.47. The predicted octanol–water partition coefficient (Wildman–Crippen LogP) is 4.13. The van der Waals surface area contributed by atoms with Crippen LogP contribution in [-0.4, -0.2) is 30.8 Å². The molecular formula is C20H25N3O4. The van der Waals surface area contributed by atoms with Crippen LogP contribution in [0.1, 0.15) is 20.8 Å². The number of para-hydroxylation sites is 1. The van der Waals surface area contributed by atoms with E-state index in [0.717, 1.165) is 5.75 Å². The quantitative estimate of drug-likeness (QED) is 0.666. The lowest BCUT2D eigenvalue weighted by molar-refractivity contribution is 0.0528. The first-order valence-electron chi connectivity index (χ1n) is 8.66. The number of ether oxygens (including phenoxy) is 2. The number of amides is 3. The SMILES string of the molecule is CC(C)(C)OC(=O)NCCNC(=O)Nc1ccc(Oc2ccccc2)cc1. The Kier molecular flexibility index (Phi) is 7.05. The van der Waals surface area contributed by atoms with Crippen LogP contribution in [0.5, 0.6) is 11.5 Å². The predicted molar refractivity (Wildman–Crippen MR) is 104 cm³/mol. The van der Waals surface area contributed by atoms with E-state index in [-0.39, 0.29) is 19.1 Å². The molecule has 0 radical (unpaired) electrons. The van der Waals surface area contributed by atoms with Gasteiger partial charge in [0.1, 0.15) is 17.1 Å². The summed E-state index contributed by atoms with van der Waals surface area (Å²) < 4.78 is 10.8. The summed E-state index contributed by atoms with van der Waals surface area (Å²) in [6.45, 7) is 5.91. The van der Waals surface area contributed by atoms with Crippen molar-refractivity contribution in [3.63, 3.8) is 0 Å². The maximum atomic E-state index is 11.9. The van der Waals surface area contributed by atoms with Crippen LogP contribution in [0.25, 0.3) is 0 Å². The number of urea groups is 1. The molecule has 3 amide bonds. The van der Waals surface area contributed by atoms with Gasteiger partial charge in [0.25, 0.3) is 0 Å². The lowest BCUT2D eigenvalue weighted by Crippen LogP contribution is -2.39. The van der Waals surface area contributed by atoms with Gasteiger partial charge in [0.2, 0.25) is 0 Å². The fraction of sp³-hybridized carbons (Fsp3) is 0.300. The van der Waals surface area contributed by atoms with Crippen LogP contribution < -0.4 is 20.7 Å². The Balaban J connectivity index is 1.69. The Morgan fingerprint density at radius 2 is 1.44 bits per heavy atom. The number of nitrogens with one attached hydrogen (secondary N) is 3. The van der Waals surface area contributed by atoms with E-state index in [4.69, 9.17) is 9.47 Å². The van der Waals surface area contributed by atoms with Crippen molar-refractivity contribution in [1.29, 1.82) is 0 Å². The van der Waals surface area contributed by atoms with Crippen molar-refractivity contribution in [3.05, 3.63) is 54.6 Å². The molecule has 2 rings (SSSR count). The first-order chi connectivity index (χ1) is 12.8. The van der Waals surface area contributed by atoms with E-state index in [1.807, 2.05) is 30.3 Å². The summed E-state index contributed by atoms with van der Waals surface area (Å²) in [5.74, 6) is 1.42. The maximum absolute atomic E-state index is 11.9. The fourth-order valence-corrected chi connectivity index (χ4v) is 2.06. The minimum absolute atomic E-state index is 0.270.